The average Bonchev–Trinajstić information content (AvgIpc) is 2.63. The molecule has 0 aliphatic heterocycles. The fraction of sp³-hybridized carbons (Fsp3) is 0.381. The molecule has 0 aliphatic rings. The Kier molecular flexibility index (Phi) is 8.49. The highest BCUT2D eigenvalue weighted by molar-refractivity contribution is 5.92. The number of ether oxygens (including phenoxy) is 2. The van der Waals surface area contributed by atoms with Crippen LogP contribution in [-0.4, -0.2) is 25.2 Å². The van der Waals surface area contributed by atoms with E-state index in [1.807, 2.05) is 56.3 Å². The first-order chi connectivity index (χ1) is 12.6. The topological polar surface area (TPSA) is 68.9 Å². The molecule has 0 fully saturated rings. The second-order valence-electron chi connectivity index (χ2n) is 6.33. The number of nitrogens with zero attached hydrogens (tertiary/aromatic N) is 1. The van der Waals surface area contributed by atoms with Gasteiger partial charge in [0.1, 0.15) is 5.75 Å². The van der Waals surface area contributed by atoms with Gasteiger partial charge in [-0.1, -0.05) is 30.3 Å². The molecule has 0 bridgehead atoms. The van der Waals surface area contributed by atoms with Crippen molar-refractivity contribution in [2.75, 3.05) is 18.5 Å². The van der Waals surface area contributed by atoms with E-state index >= 15 is 0 Å². The number of hydrogen-bond donors (Lipinski definition) is 2. The fourth-order valence-corrected chi connectivity index (χ4v) is 2.36. The molecular weight excluding hydrogens is 326 g/mol. The van der Waals surface area contributed by atoms with Crippen molar-refractivity contribution in [1.82, 2.24) is 0 Å². The zero-order chi connectivity index (χ0) is 18.6. The Balaban J connectivity index is 1.59. The summed E-state index contributed by atoms with van der Waals surface area (Å²) in [6, 6.07) is 17.9. The van der Waals surface area contributed by atoms with Gasteiger partial charge in [0, 0.05) is 18.8 Å². The largest absolute Gasteiger partial charge is 0.491 e. The molecule has 0 unspecified atom stereocenters. The first-order valence-corrected chi connectivity index (χ1v) is 9.09. The van der Waals surface area contributed by atoms with E-state index in [0.717, 1.165) is 30.9 Å². The van der Waals surface area contributed by atoms with E-state index in [0.29, 0.717) is 19.1 Å². The lowest BCUT2D eigenvalue weighted by Crippen LogP contribution is -2.22. The molecule has 0 radical (unpaired) electrons. The lowest BCUT2D eigenvalue weighted by atomic mass is 10.2. The maximum atomic E-state index is 5.92. The number of guanidine groups is 1. The Morgan fingerprint density at radius 1 is 1.04 bits per heavy atom. The maximum Gasteiger partial charge on any atom is 0.193 e. The molecule has 2 aromatic rings. The van der Waals surface area contributed by atoms with Crippen LogP contribution in [0.1, 0.15) is 32.3 Å². The summed E-state index contributed by atoms with van der Waals surface area (Å²) in [4.78, 5) is 4.34. The number of hydrogen-bond acceptors (Lipinski definition) is 3. The molecule has 3 N–H and O–H groups in total. The standard InChI is InChI=1S/C21H29N3O2/c1-17(2)26-20-12-10-19(11-13-20)24-21(22)23-14-6-7-15-25-16-18-8-4-3-5-9-18/h3-5,8-13,17H,6-7,14-16H2,1-2H3,(H3,22,23,24). The van der Waals surface area contributed by atoms with Crippen LogP contribution in [0.2, 0.25) is 0 Å². The van der Waals surface area contributed by atoms with Crippen molar-refractivity contribution in [3.63, 3.8) is 0 Å². The second kappa shape index (κ2) is 11.2. The minimum atomic E-state index is 0.164. The van der Waals surface area contributed by atoms with Gasteiger partial charge in [-0.3, -0.25) is 4.99 Å². The smallest absolute Gasteiger partial charge is 0.193 e. The van der Waals surface area contributed by atoms with Crippen LogP contribution in [0.5, 0.6) is 5.75 Å². The third-order valence-corrected chi connectivity index (χ3v) is 3.59. The molecule has 0 saturated carbocycles. The predicted octanol–water partition coefficient (Wildman–Crippen LogP) is 4.20. The molecule has 5 heteroatoms. The number of rotatable bonds is 10. The van der Waals surface area contributed by atoms with E-state index in [1.165, 1.54) is 5.56 Å². The number of aliphatic imine (C=N–C) groups is 1. The minimum absolute atomic E-state index is 0.164. The number of unbranched alkanes of at least 4 members (excludes halogenated alkanes) is 1. The van der Waals surface area contributed by atoms with Crippen LogP contribution >= 0.6 is 0 Å². The third kappa shape index (κ3) is 8.03. The van der Waals surface area contributed by atoms with Gasteiger partial charge >= 0.3 is 0 Å². The molecule has 0 heterocycles. The molecule has 140 valence electrons. The van der Waals surface area contributed by atoms with Crippen LogP contribution in [0.25, 0.3) is 0 Å². The van der Waals surface area contributed by atoms with Gasteiger partial charge in [-0.2, -0.15) is 0 Å². The van der Waals surface area contributed by atoms with Crippen LogP contribution < -0.4 is 15.8 Å². The number of nitrogens with two attached hydrogens (primary N) is 1. The quantitative estimate of drug-likeness (QED) is 0.381. The van der Waals surface area contributed by atoms with Crippen molar-refractivity contribution in [2.24, 2.45) is 10.7 Å². The summed E-state index contributed by atoms with van der Waals surface area (Å²) in [5.41, 5.74) is 8.01. The first-order valence-electron chi connectivity index (χ1n) is 9.09. The molecule has 0 saturated heterocycles. The zero-order valence-electron chi connectivity index (χ0n) is 15.7. The van der Waals surface area contributed by atoms with Crippen LogP contribution in [0, 0.1) is 0 Å². The third-order valence-electron chi connectivity index (χ3n) is 3.59. The monoisotopic (exact) mass is 355 g/mol. The van der Waals surface area contributed by atoms with Crippen molar-refractivity contribution < 1.29 is 9.47 Å². The molecule has 0 amide bonds. The maximum absolute atomic E-state index is 5.92. The van der Waals surface area contributed by atoms with Crippen LogP contribution in [0.4, 0.5) is 5.69 Å². The van der Waals surface area contributed by atoms with E-state index in [2.05, 4.69) is 22.4 Å². The zero-order valence-corrected chi connectivity index (χ0v) is 15.7. The molecule has 5 nitrogen and oxygen atoms in total. The molecule has 2 rings (SSSR count). The summed E-state index contributed by atoms with van der Waals surface area (Å²) >= 11 is 0. The average molecular weight is 355 g/mol. The molecule has 26 heavy (non-hydrogen) atoms. The fourth-order valence-electron chi connectivity index (χ4n) is 2.36. The normalized spacial score (nSPS) is 11.6. The molecule has 0 spiro atoms. The lowest BCUT2D eigenvalue weighted by Gasteiger charge is -2.11. The van der Waals surface area contributed by atoms with Crippen LogP contribution in [0.15, 0.2) is 59.6 Å². The van der Waals surface area contributed by atoms with Gasteiger partial charge in [-0.25, -0.2) is 0 Å². The second-order valence-corrected chi connectivity index (χ2v) is 6.33. The predicted molar refractivity (Wildman–Crippen MR) is 108 cm³/mol. The molecule has 2 aromatic carbocycles. The Bertz CT molecular complexity index is 655. The molecule has 0 aliphatic carbocycles. The summed E-state index contributed by atoms with van der Waals surface area (Å²) in [5, 5.41) is 3.09. The van der Waals surface area contributed by atoms with E-state index in [1.54, 1.807) is 0 Å². The SMILES string of the molecule is CC(C)Oc1ccc(NC(N)=NCCCCOCc2ccccc2)cc1. The van der Waals surface area contributed by atoms with Gasteiger partial charge in [-0.15, -0.1) is 0 Å². The minimum Gasteiger partial charge on any atom is -0.491 e. The Labute approximate surface area is 156 Å². The van der Waals surface area contributed by atoms with Gasteiger partial charge in [-0.05, 0) is 56.5 Å². The summed E-state index contributed by atoms with van der Waals surface area (Å²) in [7, 11) is 0. The van der Waals surface area contributed by atoms with Gasteiger partial charge in [0.25, 0.3) is 0 Å². The summed E-state index contributed by atoms with van der Waals surface area (Å²) < 4.78 is 11.3. The Morgan fingerprint density at radius 2 is 1.77 bits per heavy atom. The Morgan fingerprint density at radius 3 is 2.46 bits per heavy atom. The molecular formula is C21H29N3O2. The van der Waals surface area contributed by atoms with E-state index in [4.69, 9.17) is 15.2 Å². The van der Waals surface area contributed by atoms with E-state index in [-0.39, 0.29) is 6.10 Å². The summed E-state index contributed by atoms with van der Waals surface area (Å²) in [6.07, 6.45) is 2.07. The lowest BCUT2D eigenvalue weighted by molar-refractivity contribution is 0.117. The Hall–Kier alpha value is -2.53. The molecule has 0 atom stereocenters. The van der Waals surface area contributed by atoms with Gasteiger partial charge in [0.05, 0.1) is 12.7 Å². The number of nitrogens with one attached hydrogen (secondary N) is 1. The van der Waals surface area contributed by atoms with Gasteiger partial charge < -0.3 is 20.5 Å². The van der Waals surface area contributed by atoms with Crippen molar-refractivity contribution in [3.05, 3.63) is 60.2 Å². The van der Waals surface area contributed by atoms with Gasteiger partial charge in [0.15, 0.2) is 5.96 Å². The highest BCUT2D eigenvalue weighted by Crippen LogP contribution is 2.16. The molecule has 0 aromatic heterocycles. The van der Waals surface area contributed by atoms with E-state index < -0.39 is 0 Å². The van der Waals surface area contributed by atoms with Crippen LogP contribution in [-0.2, 0) is 11.3 Å². The first kappa shape index (κ1) is 19.8. The van der Waals surface area contributed by atoms with Crippen molar-refractivity contribution in [3.8, 4) is 5.75 Å². The van der Waals surface area contributed by atoms with Crippen molar-refractivity contribution in [2.45, 2.75) is 39.4 Å². The van der Waals surface area contributed by atoms with E-state index in [9.17, 15) is 0 Å². The van der Waals surface area contributed by atoms with Crippen LogP contribution in [0.3, 0.4) is 0 Å². The highest BCUT2D eigenvalue weighted by Gasteiger charge is 1.99. The van der Waals surface area contributed by atoms with Crippen molar-refractivity contribution in [1.29, 1.82) is 0 Å². The highest BCUT2D eigenvalue weighted by atomic mass is 16.5. The van der Waals surface area contributed by atoms with Crippen molar-refractivity contribution >= 4 is 11.6 Å². The number of anilines is 1. The number of benzene rings is 2. The van der Waals surface area contributed by atoms with Gasteiger partial charge in [0.2, 0.25) is 0 Å². The summed E-state index contributed by atoms with van der Waals surface area (Å²) in [6.45, 7) is 6.08. The summed E-state index contributed by atoms with van der Waals surface area (Å²) in [5.74, 6) is 1.27.